The number of nitrogens with one attached hydrogen (secondary N) is 1. The average Bonchev–Trinajstić information content (AvgIpc) is 3.01. The number of amides is 1. The van der Waals surface area contributed by atoms with Gasteiger partial charge in [-0.15, -0.1) is 0 Å². The van der Waals surface area contributed by atoms with E-state index >= 15 is 0 Å². The van der Waals surface area contributed by atoms with E-state index in [0.29, 0.717) is 18.1 Å². The van der Waals surface area contributed by atoms with Crippen LogP contribution in [-0.4, -0.2) is 46.6 Å². The number of carbonyl (C=O) groups is 1. The van der Waals surface area contributed by atoms with Gasteiger partial charge >= 0.3 is 0 Å². The summed E-state index contributed by atoms with van der Waals surface area (Å²) in [6, 6.07) is 7.47. The van der Waals surface area contributed by atoms with E-state index in [-0.39, 0.29) is 30.0 Å². The highest BCUT2D eigenvalue weighted by atomic mass is 32.2. The van der Waals surface area contributed by atoms with Crippen LogP contribution in [0.3, 0.4) is 0 Å². The summed E-state index contributed by atoms with van der Waals surface area (Å²) in [5, 5.41) is 7.08. The zero-order valence-corrected chi connectivity index (χ0v) is 14.5. The smallest absolute Gasteiger partial charge is 0.242 e. The molecule has 1 amide bonds. The molecular formula is C16H20N4O3S. The van der Waals surface area contributed by atoms with Crippen molar-refractivity contribution < 1.29 is 13.2 Å². The second-order valence-corrected chi connectivity index (χ2v) is 8.35. The third kappa shape index (κ3) is 3.64. The van der Waals surface area contributed by atoms with Crippen LogP contribution < -0.4 is 5.32 Å². The summed E-state index contributed by atoms with van der Waals surface area (Å²) >= 11 is 0. The number of aryl methyl sites for hydroxylation is 2. The fraction of sp³-hybridized carbons (Fsp3) is 0.438. The topological polar surface area (TPSA) is 94.0 Å². The van der Waals surface area contributed by atoms with Crippen LogP contribution in [0.25, 0.3) is 11.4 Å². The average molecular weight is 348 g/mol. The second kappa shape index (κ2) is 6.35. The molecule has 0 spiro atoms. The van der Waals surface area contributed by atoms with Crippen LogP contribution in [-0.2, 0) is 21.2 Å². The molecule has 2 aromatic rings. The lowest BCUT2D eigenvalue weighted by molar-refractivity contribution is -0.122. The zero-order valence-electron chi connectivity index (χ0n) is 13.7. The van der Waals surface area contributed by atoms with Gasteiger partial charge in [-0.25, -0.2) is 18.1 Å². The first kappa shape index (κ1) is 16.6. The quantitative estimate of drug-likeness (QED) is 0.885. The zero-order chi connectivity index (χ0) is 17.3. The van der Waals surface area contributed by atoms with Gasteiger partial charge in [0.05, 0.1) is 11.5 Å². The summed E-state index contributed by atoms with van der Waals surface area (Å²) in [4.78, 5) is 16.7. The van der Waals surface area contributed by atoms with Crippen molar-refractivity contribution in [3.63, 3.8) is 0 Å². The van der Waals surface area contributed by atoms with Crippen LogP contribution in [0.1, 0.15) is 17.8 Å². The lowest BCUT2D eigenvalue weighted by Gasteiger charge is -2.12. The Morgan fingerprint density at radius 1 is 1.33 bits per heavy atom. The van der Waals surface area contributed by atoms with Crippen LogP contribution in [0.4, 0.5) is 0 Å². The number of nitrogens with zero attached hydrogens (tertiary/aromatic N) is 3. The molecule has 0 aliphatic carbocycles. The van der Waals surface area contributed by atoms with Crippen molar-refractivity contribution >= 4 is 15.7 Å². The maximum absolute atomic E-state index is 12.3. The molecule has 1 aliphatic rings. The van der Waals surface area contributed by atoms with E-state index in [0.717, 1.165) is 11.1 Å². The van der Waals surface area contributed by atoms with Gasteiger partial charge in [-0.1, -0.05) is 24.3 Å². The van der Waals surface area contributed by atoms with Crippen LogP contribution in [0.2, 0.25) is 0 Å². The number of hydrogen-bond donors (Lipinski definition) is 1. The predicted molar refractivity (Wildman–Crippen MR) is 90.1 cm³/mol. The minimum atomic E-state index is -3.02. The highest BCUT2D eigenvalue weighted by Gasteiger charge is 2.29. The molecule has 0 bridgehead atoms. The van der Waals surface area contributed by atoms with E-state index in [1.165, 1.54) is 0 Å². The van der Waals surface area contributed by atoms with Crippen LogP contribution in [0, 0.1) is 13.8 Å². The summed E-state index contributed by atoms with van der Waals surface area (Å²) in [7, 11) is -3.02. The molecule has 1 saturated heterocycles. The number of carbonyl (C=O) groups excluding carboxylic acids is 1. The van der Waals surface area contributed by atoms with Crippen LogP contribution >= 0.6 is 0 Å². The molecule has 8 heteroatoms. The van der Waals surface area contributed by atoms with Crippen molar-refractivity contribution in [2.45, 2.75) is 32.9 Å². The Morgan fingerprint density at radius 2 is 2.08 bits per heavy atom. The molecule has 1 fully saturated rings. The first-order valence-electron chi connectivity index (χ1n) is 7.81. The van der Waals surface area contributed by atoms with E-state index < -0.39 is 9.84 Å². The third-order valence-electron chi connectivity index (χ3n) is 4.05. The maximum atomic E-state index is 12.3. The lowest BCUT2D eigenvalue weighted by Crippen LogP contribution is -2.38. The normalized spacial score (nSPS) is 19.3. The monoisotopic (exact) mass is 348 g/mol. The van der Waals surface area contributed by atoms with E-state index in [9.17, 15) is 13.2 Å². The molecule has 1 aliphatic heterocycles. The van der Waals surface area contributed by atoms with Crippen molar-refractivity contribution in [3.8, 4) is 11.4 Å². The Morgan fingerprint density at radius 3 is 2.75 bits per heavy atom. The molecule has 1 aromatic heterocycles. The van der Waals surface area contributed by atoms with Gasteiger partial charge in [0.2, 0.25) is 5.91 Å². The minimum Gasteiger partial charge on any atom is -0.351 e. The Bertz CT molecular complexity index is 873. The highest BCUT2D eigenvalue weighted by Crippen LogP contribution is 2.21. The molecule has 0 radical (unpaired) electrons. The maximum Gasteiger partial charge on any atom is 0.242 e. The van der Waals surface area contributed by atoms with Crippen molar-refractivity contribution in [1.29, 1.82) is 0 Å². The largest absolute Gasteiger partial charge is 0.351 e. The summed E-state index contributed by atoms with van der Waals surface area (Å²) in [6.07, 6.45) is 0.467. The molecule has 24 heavy (non-hydrogen) atoms. The highest BCUT2D eigenvalue weighted by molar-refractivity contribution is 7.91. The molecular weight excluding hydrogens is 328 g/mol. The summed E-state index contributed by atoms with van der Waals surface area (Å²) in [5.74, 6) is 1.12. The molecule has 1 aromatic carbocycles. The Hall–Kier alpha value is -2.22. The van der Waals surface area contributed by atoms with E-state index in [4.69, 9.17) is 0 Å². The number of sulfone groups is 1. The lowest BCUT2D eigenvalue weighted by atomic mass is 10.1. The molecule has 1 N–H and O–H groups in total. The Kier molecular flexibility index (Phi) is 4.40. The number of hydrogen-bond acceptors (Lipinski definition) is 5. The van der Waals surface area contributed by atoms with Crippen molar-refractivity contribution in [3.05, 3.63) is 35.7 Å². The van der Waals surface area contributed by atoms with Gasteiger partial charge in [-0.05, 0) is 25.8 Å². The van der Waals surface area contributed by atoms with Gasteiger partial charge < -0.3 is 5.32 Å². The fourth-order valence-electron chi connectivity index (χ4n) is 2.91. The third-order valence-corrected chi connectivity index (χ3v) is 5.82. The Labute approximate surface area is 141 Å². The first-order valence-corrected chi connectivity index (χ1v) is 9.63. The SMILES string of the molecule is Cc1nc(-c2ccccc2C)n(CC(=O)N[C@@H]2CCS(=O)(=O)C2)n1. The van der Waals surface area contributed by atoms with Gasteiger partial charge in [0.1, 0.15) is 12.4 Å². The molecule has 1 atom stereocenters. The van der Waals surface area contributed by atoms with E-state index in [1.54, 1.807) is 11.6 Å². The fourth-order valence-corrected chi connectivity index (χ4v) is 4.58. The molecule has 3 rings (SSSR count). The Balaban J connectivity index is 1.76. The van der Waals surface area contributed by atoms with E-state index in [2.05, 4.69) is 15.4 Å². The van der Waals surface area contributed by atoms with Gasteiger partial charge in [-0.2, -0.15) is 5.10 Å². The van der Waals surface area contributed by atoms with Gasteiger partial charge in [-0.3, -0.25) is 4.79 Å². The van der Waals surface area contributed by atoms with Crippen molar-refractivity contribution in [2.24, 2.45) is 0 Å². The van der Waals surface area contributed by atoms with Gasteiger partial charge in [0.25, 0.3) is 0 Å². The predicted octanol–water partition coefficient (Wildman–Crippen LogP) is 0.865. The molecule has 0 unspecified atom stereocenters. The van der Waals surface area contributed by atoms with Crippen molar-refractivity contribution in [1.82, 2.24) is 20.1 Å². The first-order chi connectivity index (χ1) is 11.3. The van der Waals surface area contributed by atoms with Gasteiger partial charge in [0, 0.05) is 11.6 Å². The number of benzene rings is 1. The summed E-state index contributed by atoms with van der Waals surface area (Å²) in [6.45, 7) is 3.77. The summed E-state index contributed by atoms with van der Waals surface area (Å²) < 4.78 is 24.5. The van der Waals surface area contributed by atoms with Crippen LogP contribution in [0.15, 0.2) is 24.3 Å². The van der Waals surface area contributed by atoms with Crippen molar-refractivity contribution in [2.75, 3.05) is 11.5 Å². The molecule has 0 saturated carbocycles. The second-order valence-electron chi connectivity index (χ2n) is 6.12. The van der Waals surface area contributed by atoms with Gasteiger partial charge in [0.15, 0.2) is 15.7 Å². The standard InChI is InChI=1S/C16H20N4O3S/c1-11-5-3-4-6-14(11)16-17-12(2)19-20(16)9-15(21)18-13-7-8-24(22,23)10-13/h3-6,13H,7-10H2,1-2H3,(H,18,21)/t13-/m1/s1. The summed E-state index contributed by atoms with van der Waals surface area (Å²) in [5.41, 5.74) is 1.97. The molecule has 2 heterocycles. The molecule has 7 nitrogen and oxygen atoms in total. The van der Waals surface area contributed by atoms with E-state index in [1.807, 2.05) is 31.2 Å². The molecule has 128 valence electrons. The number of aromatic nitrogens is 3. The number of rotatable bonds is 4. The minimum absolute atomic E-state index is 0.0137. The van der Waals surface area contributed by atoms with Crippen LogP contribution in [0.5, 0.6) is 0 Å².